The fourth-order valence-corrected chi connectivity index (χ4v) is 2.24. The molecule has 0 atom stereocenters. The lowest BCUT2D eigenvalue weighted by Crippen LogP contribution is -2.34. The monoisotopic (exact) mass is 375 g/mol. The molecule has 136 valence electrons. The van der Waals surface area contributed by atoms with Crippen molar-refractivity contribution in [2.24, 2.45) is 5.10 Å². The van der Waals surface area contributed by atoms with Gasteiger partial charge in [0.05, 0.1) is 27.0 Å². The fraction of sp³-hybridized carbons (Fsp3) is 0.167. The second-order valence-corrected chi connectivity index (χ2v) is 5.54. The van der Waals surface area contributed by atoms with Gasteiger partial charge in [-0.25, -0.2) is 5.43 Å². The summed E-state index contributed by atoms with van der Waals surface area (Å²) >= 11 is 5.86. The van der Waals surface area contributed by atoms with Crippen molar-refractivity contribution in [1.29, 1.82) is 0 Å². The number of hydrogen-bond acceptors (Lipinski definition) is 5. The Kier molecular flexibility index (Phi) is 6.99. The Morgan fingerprint density at radius 2 is 1.88 bits per heavy atom. The average molecular weight is 376 g/mol. The van der Waals surface area contributed by atoms with E-state index in [1.54, 1.807) is 36.4 Å². The topological polar surface area (TPSA) is 89.0 Å². The van der Waals surface area contributed by atoms with E-state index in [1.165, 1.54) is 26.5 Å². The largest absolute Gasteiger partial charge is 0.493 e. The highest BCUT2D eigenvalue weighted by Crippen LogP contribution is 2.27. The summed E-state index contributed by atoms with van der Waals surface area (Å²) in [6.45, 7) is -0.222. The Balaban J connectivity index is 1.86. The number of nitrogens with one attached hydrogen (secondary N) is 2. The molecule has 0 saturated carbocycles. The molecule has 0 saturated heterocycles. The smallest absolute Gasteiger partial charge is 0.259 e. The third-order valence-electron chi connectivity index (χ3n) is 3.31. The first-order valence-electron chi connectivity index (χ1n) is 7.61. The summed E-state index contributed by atoms with van der Waals surface area (Å²) in [4.78, 5) is 23.9. The van der Waals surface area contributed by atoms with Gasteiger partial charge in [0.1, 0.15) is 0 Å². The summed E-state index contributed by atoms with van der Waals surface area (Å²) in [5.74, 6) is 0.0601. The molecule has 0 aliphatic carbocycles. The molecule has 0 aliphatic rings. The van der Waals surface area contributed by atoms with E-state index < -0.39 is 11.8 Å². The standard InChI is InChI=1S/C18H18ClN3O4/c1-25-15-7-6-13(9-16(15)26-2)18(24)20-11-17(23)22-21-10-12-4-3-5-14(19)8-12/h3-10H,11H2,1-2H3,(H,20,24)(H,22,23). The van der Waals surface area contributed by atoms with E-state index in [0.717, 1.165) is 5.56 Å². The first-order valence-corrected chi connectivity index (χ1v) is 7.99. The molecule has 2 aromatic rings. The zero-order chi connectivity index (χ0) is 18.9. The van der Waals surface area contributed by atoms with Crippen LogP contribution in [-0.4, -0.2) is 38.8 Å². The normalized spacial score (nSPS) is 10.4. The van der Waals surface area contributed by atoms with Crippen LogP contribution in [0.5, 0.6) is 11.5 Å². The van der Waals surface area contributed by atoms with Gasteiger partial charge < -0.3 is 14.8 Å². The number of hydrazone groups is 1. The third kappa shape index (κ3) is 5.49. The number of hydrogen-bond donors (Lipinski definition) is 2. The molecule has 0 bridgehead atoms. The van der Waals surface area contributed by atoms with Crippen LogP contribution in [0.3, 0.4) is 0 Å². The molecule has 0 unspecified atom stereocenters. The van der Waals surface area contributed by atoms with Crippen LogP contribution < -0.4 is 20.2 Å². The van der Waals surface area contributed by atoms with E-state index in [1.807, 2.05) is 0 Å². The Bertz CT molecular complexity index is 824. The fourth-order valence-electron chi connectivity index (χ4n) is 2.05. The molecule has 26 heavy (non-hydrogen) atoms. The predicted octanol–water partition coefficient (Wildman–Crippen LogP) is 2.24. The van der Waals surface area contributed by atoms with Gasteiger partial charge in [-0.05, 0) is 35.9 Å². The van der Waals surface area contributed by atoms with E-state index in [-0.39, 0.29) is 6.54 Å². The molecule has 0 radical (unpaired) electrons. The predicted molar refractivity (Wildman–Crippen MR) is 99.1 cm³/mol. The maximum Gasteiger partial charge on any atom is 0.259 e. The number of amides is 2. The number of ether oxygens (including phenoxy) is 2. The molecule has 2 aromatic carbocycles. The van der Waals surface area contributed by atoms with Gasteiger partial charge >= 0.3 is 0 Å². The molecule has 0 aliphatic heterocycles. The van der Waals surface area contributed by atoms with Crippen LogP contribution in [0.25, 0.3) is 0 Å². The van der Waals surface area contributed by atoms with Crippen LogP contribution in [0.2, 0.25) is 5.02 Å². The molecule has 0 fully saturated rings. The SMILES string of the molecule is COc1ccc(C(=O)NCC(=O)NN=Cc2cccc(Cl)c2)cc1OC. The van der Waals surface area contributed by atoms with Crippen LogP contribution in [0.4, 0.5) is 0 Å². The Labute approximate surface area is 155 Å². The zero-order valence-electron chi connectivity index (χ0n) is 14.3. The number of halogens is 1. The first-order chi connectivity index (χ1) is 12.5. The van der Waals surface area contributed by atoms with Crippen LogP contribution in [-0.2, 0) is 4.79 Å². The molecule has 2 amide bonds. The number of benzene rings is 2. The van der Waals surface area contributed by atoms with Crippen molar-refractivity contribution in [3.63, 3.8) is 0 Å². The van der Waals surface area contributed by atoms with Gasteiger partial charge in [0, 0.05) is 10.6 Å². The van der Waals surface area contributed by atoms with Crippen molar-refractivity contribution in [2.45, 2.75) is 0 Å². The molecule has 0 spiro atoms. The van der Waals surface area contributed by atoms with E-state index in [4.69, 9.17) is 21.1 Å². The first kappa shape index (κ1) is 19.3. The Morgan fingerprint density at radius 3 is 2.58 bits per heavy atom. The van der Waals surface area contributed by atoms with Crippen molar-refractivity contribution >= 4 is 29.6 Å². The van der Waals surface area contributed by atoms with Gasteiger partial charge in [0.25, 0.3) is 11.8 Å². The summed E-state index contributed by atoms with van der Waals surface area (Å²) in [5.41, 5.74) is 3.41. The molecular weight excluding hydrogens is 358 g/mol. The average Bonchev–Trinajstić information content (AvgIpc) is 2.65. The Hall–Kier alpha value is -3.06. The van der Waals surface area contributed by atoms with E-state index in [0.29, 0.717) is 22.1 Å². The van der Waals surface area contributed by atoms with Crippen molar-refractivity contribution in [2.75, 3.05) is 20.8 Å². The van der Waals surface area contributed by atoms with Crippen molar-refractivity contribution in [1.82, 2.24) is 10.7 Å². The maximum atomic E-state index is 12.1. The summed E-state index contributed by atoms with van der Waals surface area (Å²) in [6, 6.07) is 11.7. The number of rotatable bonds is 7. The third-order valence-corrected chi connectivity index (χ3v) is 3.54. The summed E-state index contributed by atoms with van der Waals surface area (Å²) in [5, 5.41) is 6.89. The molecule has 2 N–H and O–H groups in total. The van der Waals surface area contributed by atoms with Crippen LogP contribution in [0.1, 0.15) is 15.9 Å². The van der Waals surface area contributed by atoms with E-state index >= 15 is 0 Å². The van der Waals surface area contributed by atoms with Crippen LogP contribution >= 0.6 is 11.6 Å². The van der Waals surface area contributed by atoms with Gasteiger partial charge in [0.2, 0.25) is 0 Å². The number of methoxy groups -OCH3 is 2. The molecule has 8 heteroatoms. The van der Waals surface area contributed by atoms with Crippen molar-refractivity contribution in [3.05, 3.63) is 58.6 Å². The van der Waals surface area contributed by atoms with Gasteiger partial charge in [-0.2, -0.15) is 5.10 Å². The minimum Gasteiger partial charge on any atom is -0.493 e. The van der Waals surface area contributed by atoms with Gasteiger partial charge in [-0.15, -0.1) is 0 Å². The second kappa shape index (κ2) is 9.43. The van der Waals surface area contributed by atoms with E-state index in [9.17, 15) is 9.59 Å². The number of nitrogens with zero attached hydrogens (tertiary/aromatic N) is 1. The van der Waals surface area contributed by atoms with Gasteiger partial charge in [0.15, 0.2) is 11.5 Å². The highest BCUT2D eigenvalue weighted by molar-refractivity contribution is 6.30. The zero-order valence-corrected chi connectivity index (χ0v) is 15.0. The number of carbonyl (C=O) groups is 2. The molecule has 2 rings (SSSR count). The summed E-state index contributed by atoms with van der Waals surface area (Å²) in [7, 11) is 2.98. The summed E-state index contributed by atoms with van der Waals surface area (Å²) in [6.07, 6.45) is 1.46. The highest BCUT2D eigenvalue weighted by Gasteiger charge is 2.11. The quantitative estimate of drug-likeness (QED) is 0.573. The van der Waals surface area contributed by atoms with Crippen molar-refractivity contribution in [3.8, 4) is 11.5 Å². The maximum absolute atomic E-state index is 12.1. The second-order valence-electron chi connectivity index (χ2n) is 5.10. The van der Waals surface area contributed by atoms with Crippen LogP contribution in [0, 0.1) is 0 Å². The molecule has 0 heterocycles. The van der Waals surface area contributed by atoms with Crippen molar-refractivity contribution < 1.29 is 19.1 Å². The lowest BCUT2D eigenvalue weighted by Gasteiger charge is -2.09. The highest BCUT2D eigenvalue weighted by atomic mass is 35.5. The lowest BCUT2D eigenvalue weighted by molar-refractivity contribution is -0.120. The van der Waals surface area contributed by atoms with Gasteiger partial charge in [-0.1, -0.05) is 23.7 Å². The molecular formula is C18H18ClN3O4. The van der Waals surface area contributed by atoms with Gasteiger partial charge in [-0.3, -0.25) is 9.59 Å². The molecule has 7 nitrogen and oxygen atoms in total. The van der Waals surface area contributed by atoms with Crippen LogP contribution in [0.15, 0.2) is 47.6 Å². The minimum atomic E-state index is -0.461. The Morgan fingerprint density at radius 1 is 1.12 bits per heavy atom. The minimum absolute atomic E-state index is 0.222. The summed E-state index contributed by atoms with van der Waals surface area (Å²) < 4.78 is 10.3. The lowest BCUT2D eigenvalue weighted by atomic mass is 10.2. The van der Waals surface area contributed by atoms with E-state index in [2.05, 4.69) is 15.8 Å². The number of carbonyl (C=O) groups excluding carboxylic acids is 2. The molecule has 0 aromatic heterocycles.